The van der Waals surface area contributed by atoms with Crippen molar-refractivity contribution in [3.63, 3.8) is 0 Å². The number of carbonyl (C=O) groups is 4. The molecule has 2 atom stereocenters. The molecule has 1 aromatic heterocycles. The Labute approximate surface area is 232 Å². The Balaban J connectivity index is 1.34. The zero-order valence-electron chi connectivity index (χ0n) is 22.4. The highest BCUT2D eigenvalue weighted by Crippen LogP contribution is 2.34. The van der Waals surface area contributed by atoms with Crippen LogP contribution in [0, 0.1) is 5.92 Å². The molecule has 2 saturated heterocycles. The van der Waals surface area contributed by atoms with E-state index >= 15 is 0 Å². The average Bonchev–Trinajstić information content (AvgIpc) is 3.72. The molecule has 11 heteroatoms. The van der Waals surface area contributed by atoms with Crippen molar-refractivity contribution in [3.05, 3.63) is 53.9 Å². The number of benzene rings is 1. The van der Waals surface area contributed by atoms with E-state index in [0.717, 1.165) is 37.8 Å². The third kappa shape index (κ3) is 6.77. The number of carbonyl (C=O) groups excluding carboxylic acids is 3. The summed E-state index contributed by atoms with van der Waals surface area (Å²) >= 11 is 0. The minimum Gasteiger partial charge on any atom is -0.481 e. The summed E-state index contributed by atoms with van der Waals surface area (Å²) in [6, 6.07) is 7.78. The number of aromatic nitrogens is 1. The van der Waals surface area contributed by atoms with Crippen LogP contribution in [-0.4, -0.2) is 77.6 Å². The fourth-order valence-electron chi connectivity index (χ4n) is 5.24. The summed E-state index contributed by atoms with van der Waals surface area (Å²) in [5.41, 5.74) is 2.20. The number of ether oxygens (including phenoxy) is 1. The van der Waals surface area contributed by atoms with E-state index in [1.54, 1.807) is 30.5 Å². The second kappa shape index (κ2) is 12.5. The fraction of sp³-hybridized carbons (Fsp3) is 0.483. The molecule has 212 valence electrons. The summed E-state index contributed by atoms with van der Waals surface area (Å²) in [7, 11) is 0. The van der Waals surface area contributed by atoms with E-state index in [0.29, 0.717) is 49.6 Å². The van der Waals surface area contributed by atoms with Crippen LogP contribution in [0.4, 0.5) is 11.4 Å². The lowest BCUT2D eigenvalue weighted by Crippen LogP contribution is -2.41. The summed E-state index contributed by atoms with van der Waals surface area (Å²) in [6.45, 7) is 3.07. The Morgan fingerprint density at radius 1 is 1.05 bits per heavy atom. The van der Waals surface area contributed by atoms with Gasteiger partial charge in [0.1, 0.15) is 6.10 Å². The Bertz CT molecular complexity index is 1240. The van der Waals surface area contributed by atoms with Crippen LogP contribution >= 0.6 is 0 Å². The summed E-state index contributed by atoms with van der Waals surface area (Å²) in [4.78, 5) is 58.5. The van der Waals surface area contributed by atoms with Gasteiger partial charge in [-0.25, -0.2) is 0 Å². The molecule has 3 aliphatic rings. The van der Waals surface area contributed by atoms with Crippen molar-refractivity contribution in [3.8, 4) is 0 Å². The SMILES string of the molecule is O=C(O)CC(NC(=O)c1ccc(N2CCCN(C(=O)C3CCCO3)CC2)c(NC(=O)C2CC2)c1)c1cccnc1. The van der Waals surface area contributed by atoms with Crippen molar-refractivity contribution in [1.82, 2.24) is 15.2 Å². The van der Waals surface area contributed by atoms with Crippen molar-refractivity contribution < 1.29 is 29.0 Å². The van der Waals surface area contributed by atoms with E-state index < -0.39 is 17.9 Å². The maximum absolute atomic E-state index is 13.3. The number of carboxylic acid groups (broad SMARTS) is 1. The van der Waals surface area contributed by atoms with Gasteiger partial charge in [0.25, 0.3) is 11.8 Å². The van der Waals surface area contributed by atoms with E-state index in [9.17, 15) is 24.3 Å². The summed E-state index contributed by atoms with van der Waals surface area (Å²) in [5, 5.41) is 15.2. The summed E-state index contributed by atoms with van der Waals surface area (Å²) < 4.78 is 5.60. The van der Waals surface area contributed by atoms with Gasteiger partial charge in [0.05, 0.1) is 23.8 Å². The van der Waals surface area contributed by atoms with Gasteiger partial charge in [-0.2, -0.15) is 0 Å². The largest absolute Gasteiger partial charge is 0.481 e. The number of carboxylic acids is 1. The van der Waals surface area contributed by atoms with Gasteiger partial charge < -0.3 is 30.3 Å². The molecule has 5 rings (SSSR count). The number of rotatable bonds is 9. The number of anilines is 2. The topological polar surface area (TPSA) is 141 Å². The van der Waals surface area contributed by atoms with Gasteiger partial charge in [-0.15, -0.1) is 0 Å². The van der Waals surface area contributed by atoms with Gasteiger partial charge in [0.2, 0.25) is 5.91 Å². The average molecular weight is 550 g/mol. The smallest absolute Gasteiger partial charge is 0.305 e. The molecular formula is C29H35N5O6. The summed E-state index contributed by atoms with van der Waals surface area (Å²) in [6.07, 6.45) is 6.57. The van der Waals surface area contributed by atoms with E-state index in [-0.39, 0.29) is 30.3 Å². The summed E-state index contributed by atoms with van der Waals surface area (Å²) in [5.74, 6) is -1.57. The molecule has 0 spiro atoms. The number of hydrogen-bond acceptors (Lipinski definition) is 7. The molecule has 1 aromatic carbocycles. The van der Waals surface area contributed by atoms with Crippen LogP contribution in [0.15, 0.2) is 42.7 Å². The Morgan fingerprint density at radius 2 is 1.90 bits per heavy atom. The van der Waals surface area contributed by atoms with E-state index in [1.807, 2.05) is 11.0 Å². The minimum absolute atomic E-state index is 0.0282. The van der Waals surface area contributed by atoms with Crippen LogP contribution in [0.1, 0.15) is 60.5 Å². The zero-order chi connectivity index (χ0) is 28.1. The standard InChI is InChI=1S/C29H35N5O6/c35-26(36)17-22(21-4-1-10-30-18-21)31-28(38)20-8-9-24(23(16-20)32-27(37)19-6-7-19)33-11-3-12-34(14-13-33)29(39)25-5-2-15-40-25/h1,4,8-10,16,18-19,22,25H,2-3,5-7,11-15,17H2,(H,31,38)(H,32,37)(H,35,36). The van der Waals surface area contributed by atoms with Gasteiger partial charge in [-0.3, -0.25) is 24.2 Å². The third-order valence-corrected chi connectivity index (χ3v) is 7.59. The lowest BCUT2D eigenvalue weighted by Gasteiger charge is -2.27. The van der Waals surface area contributed by atoms with Crippen molar-refractivity contribution in [1.29, 1.82) is 0 Å². The highest BCUT2D eigenvalue weighted by molar-refractivity contribution is 6.01. The van der Waals surface area contributed by atoms with Crippen molar-refractivity contribution in [2.45, 2.75) is 50.7 Å². The van der Waals surface area contributed by atoms with E-state index in [4.69, 9.17) is 4.74 Å². The highest BCUT2D eigenvalue weighted by Gasteiger charge is 2.32. The van der Waals surface area contributed by atoms with Crippen LogP contribution in [0.3, 0.4) is 0 Å². The van der Waals surface area contributed by atoms with Crippen LogP contribution in [0.2, 0.25) is 0 Å². The van der Waals surface area contributed by atoms with E-state index in [1.165, 1.54) is 6.20 Å². The predicted molar refractivity (Wildman–Crippen MR) is 147 cm³/mol. The Hall–Kier alpha value is -3.99. The van der Waals surface area contributed by atoms with Gasteiger partial charge in [-0.1, -0.05) is 6.07 Å². The first-order chi connectivity index (χ1) is 19.4. The molecule has 40 heavy (non-hydrogen) atoms. The lowest BCUT2D eigenvalue weighted by molar-refractivity contribution is -0.140. The lowest BCUT2D eigenvalue weighted by atomic mass is 10.0. The van der Waals surface area contributed by atoms with Crippen LogP contribution in [0.25, 0.3) is 0 Å². The molecule has 3 amide bonds. The zero-order valence-corrected chi connectivity index (χ0v) is 22.4. The molecule has 2 aliphatic heterocycles. The molecule has 3 fully saturated rings. The second-order valence-corrected chi connectivity index (χ2v) is 10.6. The number of pyridine rings is 1. The fourth-order valence-corrected chi connectivity index (χ4v) is 5.24. The van der Waals surface area contributed by atoms with E-state index in [2.05, 4.69) is 20.5 Å². The maximum atomic E-state index is 13.3. The Morgan fingerprint density at radius 3 is 2.60 bits per heavy atom. The number of aliphatic carboxylic acids is 1. The molecule has 3 heterocycles. The quantitative estimate of drug-likeness (QED) is 0.434. The first kappa shape index (κ1) is 27.6. The molecule has 3 N–H and O–H groups in total. The molecular weight excluding hydrogens is 514 g/mol. The highest BCUT2D eigenvalue weighted by atomic mass is 16.5. The van der Waals surface area contributed by atoms with Gasteiger partial charge in [-0.05, 0) is 61.9 Å². The monoisotopic (exact) mass is 549 g/mol. The van der Waals surface area contributed by atoms with Crippen molar-refractivity contribution in [2.75, 3.05) is 43.0 Å². The van der Waals surface area contributed by atoms with Crippen LogP contribution in [0.5, 0.6) is 0 Å². The molecule has 0 bridgehead atoms. The first-order valence-electron chi connectivity index (χ1n) is 13.9. The molecule has 0 radical (unpaired) electrons. The number of amides is 3. The maximum Gasteiger partial charge on any atom is 0.305 e. The van der Waals surface area contributed by atoms with Crippen molar-refractivity contribution in [2.24, 2.45) is 5.92 Å². The normalized spacial score (nSPS) is 19.9. The van der Waals surface area contributed by atoms with Crippen LogP contribution in [-0.2, 0) is 19.1 Å². The number of hydrogen-bond donors (Lipinski definition) is 3. The molecule has 11 nitrogen and oxygen atoms in total. The molecule has 1 aliphatic carbocycles. The molecule has 2 aromatic rings. The second-order valence-electron chi connectivity index (χ2n) is 10.6. The Kier molecular flexibility index (Phi) is 8.59. The van der Waals surface area contributed by atoms with Crippen LogP contribution < -0.4 is 15.5 Å². The third-order valence-electron chi connectivity index (χ3n) is 7.59. The van der Waals surface area contributed by atoms with Gasteiger partial charge >= 0.3 is 5.97 Å². The first-order valence-corrected chi connectivity index (χ1v) is 13.9. The molecule has 1 saturated carbocycles. The predicted octanol–water partition coefficient (Wildman–Crippen LogP) is 2.59. The number of nitrogens with one attached hydrogen (secondary N) is 2. The molecule has 2 unspecified atom stereocenters. The van der Waals surface area contributed by atoms with Gasteiger partial charge in [0, 0.05) is 56.7 Å². The van der Waals surface area contributed by atoms with Gasteiger partial charge in [0.15, 0.2) is 0 Å². The van der Waals surface area contributed by atoms with Crippen molar-refractivity contribution >= 4 is 35.1 Å². The minimum atomic E-state index is -1.05. The number of nitrogens with zero attached hydrogens (tertiary/aromatic N) is 3.